The molecule has 2 heteroatoms. The van der Waals surface area contributed by atoms with Gasteiger partial charge < -0.3 is 4.74 Å². The van der Waals surface area contributed by atoms with Crippen LogP contribution >= 0.6 is 0 Å². The number of allylic oxidation sites excluding steroid dienone is 1. The normalized spacial score (nSPS) is 11.0. The fourth-order valence-corrected chi connectivity index (χ4v) is 0.566. The van der Waals surface area contributed by atoms with Crippen molar-refractivity contribution < 1.29 is 4.74 Å². The zero-order valence-corrected chi connectivity index (χ0v) is 7.14. The van der Waals surface area contributed by atoms with Crippen LogP contribution in [0.4, 0.5) is 0 Å². The molecule has 0 aromatic heterocycles. The fraction of sp³-hybridized carbons (Fsp3) is 0.625. The van der Waals surface area contributed by atoms with Crippen molar-refractivity contribution in [3.05, 3.63) is 11.6 Å². The van der Waals surface area contributed by atoms with E-state index in [9.17, 15) is 0 Å². The number of hydrogen-bond acceptors (Lipinski definition) is 2. The minimum atomic E-state index is 0.677. The van der Waals surface area contributed by atoms with Gasteiger partial charge in [0, 0.05) is 7.05 Å². The first-order chi connectivity index (χ1) is 4.70. The first-order valence-corrected chi connectivity index (χ1v) is 3.45. The van der Waals surface area contributed by atoms with Crippen molar-refractivity contribution in [2.75, 3.05) is 13.7 Å². The minimum Gasteiger partial charge on any atom is -0.478 e. The zero-order valence-electron chi connectivity index (χ0n) is 7.14. The molecule has 58 valence electrons. The highest BCUT2D eigenvalue weighted by atomic mass is 16.5. The predicted octanol–water partition coefficient (Wildman–Crippen LogP) is 2.02. The van der Waals surface area contributed by atoms with E-state index in [1.165, 1.54) is 5.57 Å². The van der Waals surface area contributed by atoms with Gasteiger partial charge in [0.15, 0.2) is 0 Å². The summed E-state index contributed by atoms with van der Waals surface area (Å²) < 4.78 is 5.18. The van der Waals surface area contributed by atoms with Gasteiger partial charge >= 0.3 is 0 Å². The van der Waals surface area contributed by atoms with E-state index < -0.39 is 0 Å². The molecule has 0 radical (unpaired) electrons. The maximum absolute atomic E-state index is 5.18. The van der Waals surface area contributed by atoms with Gasteiger partial charge in [-0.25, -0.2) is 0 Å². The molecule has 0 bridgehead atoms. The van der Waals surface area contributed by atoms with Crippen LogP contribution in [0, 0.1) is 0 Å². The molecule has 0 unspecified atom stereocenters. The second kappa shape index (κ2) is 5.03. The second-order valence-corrected chi connectivity index (χ2v) is 2.22. The van der Waals surface area contributed by atoms with E-state index in [0.717, 1.165) is 0 Å². The highest BCUT2D eigenvalue weighted by Crippen LogP contribution is 1.92. The van der Waals surface area contributed by atoms with Crippen LogP contribution in [0.25, 0.3) is 0 Å². The summed E-state index contributed by atoms with van der Waals surface area (Å²) in [5.41, 5.74) is 1.20. The van der Waals surface area contributed by atoms with Crippen molar-refractivity contribution in [1.29, 1.82) is 0 Å². The lowest BCUT2D eigenvalue weighted by Crippen LogP contribution is -2.00. The molecule has 0 amide bonds. The molecule has 0 fully saturated rings. The molecule has 0 aromatic rings. The molecule has 0 aliphatic heterocycles. The average Bonchev–Trinajstić information content (AvgIpc) is 1.86. The van der Waals surface area contributed by atoms with Crippen LogP contribution in [0.1, 0.15) is 20.8 Å². The van der Waals surface area contributed by atoms with Crippen LogP contribution in [-0.2, 0) is 4.74 Å². The first-order valence-electron chi connectivity index (χ1n) is 3.45. The van der Waals surface area contributed by atoms with Gasteiger partial charge in [-0.3, -0.25) is 4.99 Å². The number of rotatable bonds is 2. The average molecular weight is 141 g/mol. The summed E-state index contributed by atoms with van der Waals surface area (Å²) in [6.07, 6.45) is 1.92. The SMILES string of the molecule is CCOC(C=C(C)C)=NC. The summed E-state index contributed by atoms with van der Waals surface area (Å²) in [5, 5.41) is 0. The number of hydrogen-bond donors (Lipinski definition) is 0. The van der Waals surface area contributed by atoms with Gasteiger partial charge in [0.1, 0.15) is 0 Å². The maximum atomic E-state index is 5.18. The molecule has 0 atom stereocenters. The van der Waals surface area contributed by atoms with E-state index in [0.29, 0.717) is 12.5 Å². The van der Waals surface area contributed by atoms with E-state index in [1.807, 2.05) is 26.8 Å². The van der Waals surface area contributed by atoms with E-state index in [-0.39, 0.29) is 0 Å². The minimum absolute atomic E-state index is 0.677. The second-order valence-electron chi connectivity index (χ2n) is 2.22. The van der Waals surface area contributed by atoms with Gasteiger partial charge in [-0.05, 0) is 26.8 Å². The monoisotopic (exact) mass is 141 g/mol. The lowest BCUT2D eigenvalue weighted by atomic mass is 10.3. The maximum Gasteiger partial charge on any atom is 0.208 e. The smallest absolute Gasteiger partial charge is 0.208 e. The van der Waals surface area contributed by atoms with Gasteiger partial charge in [-0.15, -0.1) is 0 Å². The molecule has 0 aromatic carbocycles. The van der Waals surface area contributed by atoms with Gasteiger partial charge in [0.2, 0.25) is 5.90 Å². The van der Waals surface area contributed by atoms with Gasteiger partial charge in [0.05, 0.1) is 6.61 Å². The summed E-state index contributed by atoms with van der Waals surface area (Å²) in [6, 6.07) is 0. The molecule has 2 nitrogen and oxygen atoms in total. The van der Waals surface area contributed by atoms with Crippen molar-refractivity contribution in [3.8, 4) is 0 Å². The Morgan fingerprint density at radius 3 is 2.40 bits per heavy atom. The topological polar surface area (TPSA) is 21.6 Å². The van der Waals surface area contributed by atoms with Crippen molar-refractivity contribution in [2.45, 2.75) is 20.8 Å². The summed E-state index contributed by atoms with van der Waals surface area (Å²) in [4.78, 5) is 3.94. The standard InChI is InChI=1S/C8H15NO/c1-5-10-8(9-4)6-7(2)3/h6H,5H2,1-4H3. The van der Waals surface area contributed by atoms with Crippen LogP contribution in [0.3, 0.4) is 0 Å². The van der Waals surface area contributed by atoms with E-state index in [2.05, 4.69) is 4.99 Å². The molecule has 0 aliphatic rings. The van der Waals surface area contributed by atoms with Crippen molar-refractivity contribution >= 4 is 5.90 Å². The zero-order chi connectivity index (χ0) is 7.98. The molecule has 0 rings (SSSR count). The first kappa shape index (κ1) is 9.21. The fourth-order valence-electron chi connectivity index (χ4n) is 0.566. The Hall–Kier alpha value is -0.790. The van der Waals surface area contributed by atoms with Crippen molar-refractivity contribution in [1.82, 2.24) is 0 Å². The summed E-state index contributed by atoms with van der Waals surface area (Å²) in [7, 11) is 1.73. The number of aliphatic imine (C=N–C) groups is 1. The molecule has 0 N–H and O–H groups in total. The summed E-state index contributed by atoms with van der Waals surface area (Å²) >= 11 is 0. The Bertz CT molecular complexity index is 143. The van der Waals surface area contributed by atoms with E-state index >= 15 is 0 Å². The van der Waals surface area contributed by atoms with Crippen molar-refractivity contribution in [3.63, 3.8) is 0 Å². The molecule has 0 saturated carbocycles. The van der Waals surface area contributed by atoms with Crippen LogP contribution in [-0.4, -0.2) is 19.6 Å². The number of nitrogens with zero attached hydrogens (tertiary/aromatic N) is 1. The molecule has 0 spiro atoms. The molecule has 0 saturated heterocycles. The van der Waals surface area contributed by atoms with Crippen LogP contribution < -0.4 is 0 Å². The molecule has 0 aliphatic carbocycles. The lowest BCUT2D eigenvalue weighted by Gasteiger charge is -2.00. The quantitative estimate of drug-likeness (QED) is 0.426. The predicted molar refractivity (Wildman–Crippen MR) is 44.4 cm³/mol. The van der Waals surface area contributed by atoms with Gasteiger partial charge in [-0.1, -0.05) is 5.57 Å². The molecule has 10 heavy (non-hydrogen) atoms. The Labute approximate surface area is 62.6 Å². The van der Waals surface area contributed by atoms with Crippen LogP contribution in [0.5, 0.6) is 0 Å². The Kier molecular flexibility index (Phi) is 4.63. The number of ether oxygens (including phenoxy) is 1. The van der Waals surface area contributed by atoms with Crippen LogP contribution in [0.2, 0.25) is 0 Å². The third-order valence-corrected chi connectivity index (χ3v) is 0.925. The van der Waals surface area contributed by atoms with E-state index in [4.69, 9.17) is 4.74 Å². The van der Waals surface area contributed by atoms with Gasteiger partial charge in [-0.2, -0.15) is 0 Å². The molecule has 0 heterocycles. The summed E-state index contributed by atoms with van der Waals surface area (Å²) in [6.45, 7) is 6.66. The molecular weight excluding hydrogens is 126 g/mol. The van der Waals surface area contributed by atoms with Gasteiger partial charge in [0.25, 0.3) is 0 Å². The third kappa shape index (κ3) is 4.13. The lowest BCUT2D eigenvalue weighted by molar-refractivity contribution is 0.329. The molecular formula is C8H15NO. The third-order valence-electron chi connectivity index (χ3n) is 0.925. The Balaban J connectivity index is 3.98. The largest absolute Gasteiger partial charge is 0.478 e. The highest BCUT2D eigenvalue weighted by Gasteiger charge is 1.89. The Morgan fingerprint density at radius 1 is 1.50 bits per heavy atom. The van der Waals surface area contributed by atoms with E-state index in [1.54, 1.807) is 7.05 Å². The van der Waals surface area contributed by atoms with Crippen molar-refractivity contribution in [2.24, 2.45) is 4.99 Å². The van der Waals surface area contributed by atoms with Crippen LogP contribution in [0.15, 0.2) is 16.6 Å². The highest BCUT2D eigenvalue weighted by molar-refractivity contribution is 5.88. The summed E-state index contributed by atoms with van der Waals surface area (Å²) in [5.74, 6) is 0.711. The Morgan fingerprint density at radius 2 is 2.10 bits per heavy atom.